The Labute approximate surface area is 184 Å². The molecule has 0 saturated heterocycles. The van der Waals surface area contributed by atoms with Crippen LogP contribution >= 0.6 is 11.6 Å². The molecular formula is C22H22ClN3O5. The van der Waals surface area contributed by atoms with Crippen molar-refractivity contribution in [1.29, 1.82) is 0 Å². The molecule has 0 aliphatic rings. The molecular weight excluding hydrogens is 422 g/mol. The Hall–Kier alpha value is -3.39. The summed E-state index contributed by atoms with van der Waals surface area (Å²) >= 11 is 5.95. The number of aromatic nitrogens is 2. The summed E-state index contributed by atoms with van der Waals surface area (Å²) in [4.78, 5) is 31.9. The third-order valence-electron chi connectivity index (χ3n) is 4.29. The van der Waals surface area contributed by atoms with E-state index in [9.17, 15) is 9.59 Å². The molecule has 1 heterocycles. The second-order valence-corrected chi connectivity index (χ2v) is 7.08. The highest BCUT2D eigenvalue weighted by molar-refractivity contribution is 6.31. The average molecular weight is 444 g/mol. The van der Waals surface area contributed by atoms with Crippen molar-refractivity contribution in [1.82, 2.24) is 15.3 Å². The molecule has 0 bridgehead atoms. The van der Waals surface area contributed by atoms with Crippen molar-refractivity contribution in [3.8, 4) is 17.4 Å². The van der Waals surface area contributed by atoms with Crippen LogP contribution < -0.4 is 14.8 Å². The number of nitrogens with one attached hydrogen (secondary N) is 1. The Kier molecular flexibility index (Phi) is 7.61. The first-order valence-corrected chi connectivity index (χ1v) is 10.0. The van der Waals surface area contributed by atoms with Gasteiger partial charge in [0, 0.05) is 18.0 Å². The number of carbonyl (C=O) groups is 2. The SMILES string of the molecule is COC(=O)CCCNC(=O)C(C)Oc1ccc(Oc2cnc3cc(Cl)ccc3n2)cc1. The Morgan fingerprint density at radius 1 is 1.10 bits per heavy atom. The molecule has 3 aromatic rings. The molecule has 9 heteroatoms. The number of fused-ring (bicyclic) bond motifs is 1. The van der Waals surface area contributed by atoms with Crippen molar-refractivity contribution in [2.45, 2.75) is 25.9 Å². The fraction of sp³-hybridized carbons (Fsp3) is 0.273. The van der Waals surface area contributed by atoms with Crippen molar-refractivity contribution >= 4 is 34.5 Å². The van der Waals surface area contributed by atoms with E-state index in [-0.39, 0.29) is 18.3 Å². The van der Waals surface area contributed by atoms with Crippen LogP contribution in [0.3, 0.4) is 0 Å². The van der Waals surface area contributed by atoms with Crippen LogP contribution in [0, 0.1) is 0 Å². The van der Waals surface area contributed by atoms with Gasteiger partial charge in [-0.3, -0.25) is 9.59 Å². The zero-order valence-electron chi connectivity index (χ0n) is 17.1. The molecule has 1 unspecified atom stereocenters. The molecule has 0 spiro atoms. The average Bonchev–Trinajstić information content (AvgIpc) is 2.77. The summed E-state index contributed by atoms with van der Waals surface area (Å²) in [5.41, 5.74) is 1.36. The fourth-order valence-corrected chi connectivity index (χ4v) is 2.84. The lowest BCUT2D eigenvalue weighted by atomic mass is 10.3. The molecule has 0 radical (unpaired) electrons. The van der Waals surface area contributed by atoms with Gasteiger partial charge in [0.2, 0.25) is 5.88 Å². The van der Waals surface area contributed by atoms with Crippen LogP contribution in [0.4, 0.5) is 0 Å². The maximum Gasteiger partial charge on any atom is 0.305 e. The van der Waals surface area contributed by atoms with Crippen LogP contribution in [0.15, 0.2) is 48.7 Å². The smallest absolute Gasteiger partial charge is 0.305 e. The number of esters is 1. The van der Waals surface area contributed by atoms with Gasteiger partial charge in [-0.2, -0.15) is 0 Å². The Morgan fingerprint density at radius 2 is 1.84 bits per heavy atom. The Bertz CT molecular complexity index is 1060. The van der Waals surface area contributed by atoms with Gasteiger partial charge in [0.05, 0.1) is 24.3 Å². The molecule has 31 heavy (non-hydrogen) atoms. The van der Waals surface area contributed by atoms with Crippen molar-refractivity contribution in [2.24, 2.45) is 0 Å². The molecule has 2 aromatic carbocycles. The minimum atomic E-state index is -0.692. The number of rotatable bonds is 9. The van der Waals surface area contributed by atoms with E-state index in [0.717, 1.165) is 0 Å². The highest BCUT2D eigenvalue weighted by Crippen LogP contribution is 2.24. The van der Waals surface area contributed by atoms with Gasteiger partial charge >= 0.3 is 5.97 Å². The lowest BCUT2D eigenvalue weighted by Crippen LogP contribution is -2.36. The van der Waals surface area contributed by atoms with E-state index < -0.39 is 6.10 Å². The third kappa shape index (κ3) is 6.55. The summed E-state index contributed by atoms with van der Waals surface area (Å²) in [5.74, 6) is 0.846. The van der Waals surface area contributed by atoms with Crippen molar-refractivity contribution in [3.05, 3.63) is 53.7 Å². The van der Waals surface area contributed by atoms with Gasteiger partial charge in [-0.15, -0.1) is 0 Å². The number of amides is 1. The number of halogens is 1. The molecule has 0 aliphatic heterocycles. The molecule has 8 nitrogen and oxygen atoms in total. The number of hydrogen-bond acceptors (Lipinski definition) is 7. The van der Waals surface area contributed by atoms with E-state index in [0.29, 0.717) is 46.4 Å². The summed E-state index contributed by atoms with van der Waals surface area (Å²) < 4.78 is 15.9. The second kappa shape index (κ2) is 10.6. The van der Waals surface area contributed by atoms with Crippen molar-refractivity contribution < 1.29 is 23.8 Å². The van der Waals surface area contributed by atoms with Crippen LogP contribution in [-0.2, 0) is 14.3 Å². The molecule has 0 aliphatic carbocycles. The number of methoxy groups -OCH3 is 1. The minimum Gasteiger partial charge on any atom is -0.481 e. The van der Waals surface area contributed by atoms with E-state index in [1.165, 1.54) is 13.3 Å². The zero-order chi connectivity index (χ0) is 22.2. The zero-order valence-corrected chi connectivity index (χ0v) is 17.9. The largest absolute Gasteiger partial charge is 0.481 e. The molecule has 1 N–H and O–H groups in total. The van der Waals surface area contributed by atoms with Gasteiger partial charge < -0.3 is 19.5 Å². The fourth-order valence-electron chi connectivity index (χ4n) is 2.67. The normalized spacial score (nSPS) is 11.6. The molecule has 1 aromatic heterocycles. The minimum absolute atomic E-state index is 0.253. The first-order valence-electron chi connectivity index (χ1n) is 9.66. The number of benzene rings is 2. The van der Waals surface area contributed by atoms with E-state index in [1.54, 1.807) is 49.4 Å². The van der Waals surface area contributed by atoms with E-state index >= 15 is 0 Å². The lowest BCUT2D eigenvalue weighted by Gasteiger charge is -2.15. The Morgan fingerprint density at radius 3 is 2.58 bits per heavy atom. The predicted molar refractivity (Wildman–Crippen MR) is 115 cm³/mol. The van der Waals surface area contributed by atoms with E-state index in [2.05, 4.69) is 20.0 Å². The van der Waals surface area contributed by atoms with Gasteiger partial charge in [-0.25, -0.2) is 9.97 Å². The molecule has 1 amide bonds. The van der Waals surface area contributed by atoms with Crippen LogP contribution in [-0.4, -0.2) is 41.6 Å². The number of ether oxygens (including phenoxy) is 3. The predicted octanol–water partition coefficient (Wildman–Crippen LogP) is 3.91. The maximum atomic E-state index is 12.1. The first-order chi connectivity index (χ1) is 14.9. The topological polar surface area (TPSA) is 99.6 Å². The van der Waals surface area contributed by atoms with Crippen LogP contribution in [0.5, 0.6) is 17.4 Å². The quantitative estimate of drug-likeness (QED) is 0.395. The standard InChI is InChI=1S/C22H22ClN3O5/c1-14(22(28)24-11-3-4-21(27)29-2)30-16-6-8-17(9-7-16)31-20-13-25-19-12-15(23)5-10-18(19)26-20/h5-10,12-14H,3-4,11H2,1-2H3,(H,24,28). The second-order valence-electron chi connectivity index (χ2n) is 6.65. The summed E-state index contributed by atoms with van der Waals surface area (Å²) in [6.45, 7) is 2.02. The summed E-state index contributed by atoms with van der Waals surface area (Å²) in [6.07, 6.45) is 1.59. The van der Waals surface area contributed by atoms with Gasteiger partial charge in [-0.1, -0.05) is 11.6 Å². The molecule has 0 saturated carbocycles. The van der Waals surface area contributed by atoms with Crippen LogP contribution in [0.1, 0.15) is 19.8 Å². The van der Waals surface area contributed by atoms with Gasteiger partial charge in [0.25, 0.3) is 5.91 Å². The van der Waals surface area contributed by atoms with Gasteiger partial charge in [0.1, 0.15) is 11.5 Å². The number of hydrogen-bond donors (Lipinski definition) is 1. The molecule has 1 atom stereocenters. The van der Waals surface area contributed by atoms with Crippen LogP contribution in [0.25, 0.3) is 11.0 Å². The Balaban J connectivity index is 1.51. The van der Waals surface area contributed by atoms with Crippen molar-refractivity contribution in [3.63, 3.8) is 0 Å². The summed E-state index contributed by atoms with van der Waals surface area (Å²) in [5, 5.41) is 3.32. The van der Waals surface area contributed by atoms with E-state index in [4.69, 9.17) is 21.1 Å². The molecule has 3 rings (SSSR count). The monoisotopic (exact) mass is 443 g/mol. The van der Waals surface area contributed by atoms with Gasteiger partial charge in [0.15, 0.2) is 6.10 Å². The summed E-state index contributed by atoms with van der Waals surface area (Å²) in [6, 6.07) is 12.1. The third-order valence-corrected chi connectivity index (χ3v) is 4.53. The molecule has 162 valence electrons. The molecule has 0 fully saturated rings. The highest BCUT2D eigenvalue weighted by Gasteiger charge is 2.14. The van der Waals surface area contributed by atoms with Crippen molar-refractivity contribution in [2.75, 3.05) is 13.7 Å². The first kappa shape index (κ1) is 22.3. The number of carbonyl (C=O) groups excluding carboxylic acids is 2. The highest BCUT2D eigenvalue weighted by atomic mass is 35.5. The van der Waals surface area contributed by atoms with Gasteiger partial charge in [-0.05, 0) is 55.8 Å². The maximum absolute atomic E-state index is 12.1. The van der Waals surface area contributed by atoms with E-state index in [1.807, 2.05) is 0 Å². The van der Waals surface area contributed by atoms with Crippen LogP contribution in [0.2, 0.25) is 5.02 Å². The lowest BCUT2D eigenvalue weighted by molar-refractivity contribution is -0.140. The number of nitrogens with zero attached hydrogens (tertiary/aromatic N) is 2. The summed E-state index contributed by atoms with van der Waals surface area (Å²) in [7, 11) is 1.33.